The summed E-state index contributed by atoms with van der Waals surface area (Å²) in [6.45, 7) is 2.29. The lowest BCUT2D eigenvalue weighted by Gasteiger charge is -2.11. The average Bonchev–Trinajstić information content (AvgIpc) is 2.61. The minimum atomic E-state index is 0.0919. The molecule has 0 radical (unpaired) electrons. The predicted octanol–water partition coefficient (Wildman–Crippen LogP) is 1.66. The Morgan fingerprint density at radius 2 is 1.96 bits per heavy atom. The first-order valence-electron chi connectivity index (χ1n) is 7.34. The number of hydrogen-bond donors (Lipinski definition) is 1. The van der Waals surface area contributed by atoms with Crippen LogP contribution < -0.4 is 15.4 Å². The molecule has 0 unspecified atom stereocenters. The van der Waals surface area contributed by atoms with Crippen LogP contribution in [0.15, 0.2) is 30.5 Å². The molecule has 0 fully saturated rings. The van der Waals surface area contributed by atoms with E-state index in [1.165, 1.54) is 4.90 Å². The lowest BCUT2D eigenvalue weighted by atomic mass is 10.1. The van der Waals surface area contributed by atoms with Crippen molar-refractivity contribution in [2.45, 2.75) is 6.92 Å². The summed E-state index contributed by atoms with van der Waals surface area (Å²) in [6, 6.07) is 7.39. The average molecular weight is 324 g/mol. The SMILES string of the molecule is CCOc1nc(N)nc2ncc(-c3ccc(N(C)C=O)cc3)nc12. The number of benzene rings is 1. The lowest BCUT2D eigenvalue weighted by Crippen LogP contribution is -2.13. The monoisotopic (exact) mass is 324 g/mol. The largest absolute Gasteiger partial charge is 0.476 e. The molecule has 1 aromatic carbocycles. The molecule has 3 rings (SSSR count). The summed E-state index contributed by atoms with van der Waals surface area (Å²) in [4.78, 5) is 29.3. The van der Waals surface area contributed by atoms with Gasteiger partial charge in [0, 0.05) is 18.3 Å². The number of aromatic nitrogens is 4. The molecule has 2 N–H and O–H groups in total. The minimum absolute atomic E-state index is 0.0919. The van der Waals surface area contributed by atoms with Crippen molar-refractivity contribution in [3.63, 3.8) is 0 Å². The van der Waals surface area contributed by atoms with Crippen LogP contribution in [0.3, 0.4) is 0 Å². The van der Waals surface area contributed by atoms with E-state index in [9.17, 15) is 4.79 Å². The molecule has 8 nitrogen and oxygen atoms in total. The van der Waals surface area contributed by atoms with E-state index in [1.807, 2.05) is 31.2 Å². The maximum absolute atomic E-state index is 10.8. The first-order chi connectivity index (χ1) is 11.6. The van der Waals surface area contributed by atoms with Crippen LogP contribution in [0.5, 0.6) is 5.88 Å². The molecule has 0 saturated heterocycles. The van der Waals surface area contributed by atoms with E-state index in [-0.39, 0.29) is 5.95 Å². The fraction of sp³-hybridized carbons (Fsp3) is 0.188. The normalized spacial score (nSPS) is 10.6. The molecule has 1 amide bonds. The second kappa shape index (κ2) is 6.45. The molecule has 0 aliphatic rings. The third kappa shape index (κ3) is 2.94. The van der Waals surface area contributed by atoms with Crippen molar-refractivity contribution in [2.24, 2.45) is 0 Å². The number of ether oxygens (including phenoxy) is 1. The second-order valence-electron chi connectivity index (χ2n) is 5.01. The molecular weight excluding hydrogens is 308 g/mol. The fourth-order valence-corrected chi connectivity index (χ4v) is 2.20. The summed E-state index contributed by atoms with van der Waals surface area (Å²) in [5.74, 6) is 0.404. The zero-order valence-electron chi connectivity index (χ0n) is 13.3. The molecule has 2 heterocycles. The lowest BCUT2D eigenvalue weighted by molar-refractivity contribution is -0.107. The Morgan fingerprint density at radius 1 is 1.21 bits per heavy atom. The molecule has 0 atom stereocenters. The van der Waals surface area contributed by atoms with E-state index in [1.54, 1.807) is 13.2 Å². The van der Waals surface area contributed by atoms with Crippen LogP contribution in [0.25, 0.3) is 22.4 Å². The molecule has 0 aliphatic heterocycles. The summed E-state index contributed by atoms with van der Waals surface area (Å²) < 4.78 is 5.48. The topological polar surface area (TPSA) is 107 Å². The van der Waals surface area contributed by atoms with Gasteiger partial charge >= 0.3 is 0 Å². The maximum Gasteiger partial charge on any atom is 0.247 e. The van der Waals surface area contributed by atoms with Gasteiger partial charge in [0.05, 0.1) is 18.5 Å². The number of rotatable bonds is 5. The van der Waals surface area contributed by atoms with Crippen molar-refractivity contribution in [3.05, 3.63) is 30.5 Å². The smallest absolute Gasteiger partial charge is 0.247 e. The van der Waals surface area contributed by atoms with Gasteiger partial charge in [-0.3, -0.25) is 4.79 Å². The molecule has 3 aromatic rings. The first kappa shape index (κ1) is 15.6. The van der Waals surface area contributed by atoms with Gasteiger partial charge in [0.2, 0.25) is 18.2 Å². The molecule has 0 saturated carbocycles. The highest BCUT2D eigenvalue weighted by atomic mass is 16.5. The van der Waals surface area contributed by atoms with Gasteiger partial charge in [0.1, 0.15) is 0 Å². The van der Waals surface area contributed by atoms with Gasteiger partial charge in [-0.1, -0.05) is 12.1 Å². The third-order valence-electron chi connectivity index (χ3n) is 3.40. The number of nitrogen functional groups attached to an aromatic ring is 1. The Labute approximate surface area is 138 Å². The summed E-state index contributed by atoms with van der Waals surface area (Å²) in [5.41, 5.74) is 8.79. The summed E-state index contributed by atoms with van der Waals surface area (Å²) in [6.07, 6.45) is 2.36. The summed E-state index contributed by atoms with van der Waals surface area (Å²) in [5, 5.41) is 0. The van der Waals surface area contributed by atoms with E-state index in [2.05, 4.69) is 19.9 Å². The highest BCUT2D eigenvalue weighted by Gasteiger charge is 2.12. The second-order valence-corrected chi connectivity index (χ2v) is 5.01. The number of anilines is 2. The standard InChI is InChI=1S/C16H16N6O2/c1-3-24-15-13-14(20-16(17)21-15)18-8-12(19-13)10-4-6-11(7-5-10)22(2)9-23/h4-9H,3H2,1-2H3,(H2,17,18,20,21). The summed E-state index contributed by atoms with van der Waals surface area (Å²) in [7, 11) is 1.69. The number of amides is 1. The zero-order chi connectivity index (χ0) is 17.1. The number of fused-ring (bicyclic) bond motifs is 1. The van der Waals surface area contributed by atoms with Gasteiger partial charge in [-0.05, 0) is 19.1 Å². The van der Waals surface area contributed by atoms with Crippen molar-refractivity contribution in [1.29, 1.82) is 0 Å². The van der Waals surface area contributed by atoms with Gasteiger partial charge in [0.15, 0.2) is 11.2 Å². The molecule has 0 spiro atoms. The minimum Gasteiger partial charge on any atom is -0.476 e. The van der Waals surface area contributed by atoms with E-state index in [0.29, 0.717) is 29.3 Å². The van der Waals surface area contributed by atoms with Crippen LogP contribution in [0, 0.1) is 0 Å². The van der Waals surface area contributed by atoms with Gasteiger partial charge in [-0.25, -0.2) is 9.97 Å². The first-order valence-corrected chi connectivity index (χ1v) is 7.34. The maximum atomic E-state index is 10.8. The van der Waals surface area contributed by atoms with Crippen LogP contribution in [-0.4, -0.2) is 40.0 Å². The molecule has 2 aromatic heterocycles. The van der Waals surface area contributed by atoms with Crippen molar-refractivity contribution < 1.29 is 9.53 Å². The molecule has 8 heteroatoms. The fourth-order valence-electron chi connectivity index (χ4n) is 2.20. The van der Waals surface area contributed by atoms with Crippen molar-refractivity contribution >= 4 is 29.2 Å². The number of hydrogen-bond acceptors (Lipinski definition) is 7. The summed E-state index contributed by atoms with van der Waals surface area (Å²) >= 11 is 0. The van der Waals surface area contributed by atoms with Crippen LogP contribution in [0.2, 0.25) is 0 Å². The quantitative estimate of drug-likeness (QED) is 0.711. The highest BCUT2D eigenvalue weighted by molar-refractivity contribution is 5.80. The third-order valence-corrected chi connectivity index (χ3v) is 3.40. The number of carbonyl (C=O) groups excluding carboxylic acids is 1. The number of nitrogens with two attached hydrogens (primary N) is 1. The molecule has 122 valence electrons. The van der Waals surface area contributed by atoms with E-state index in [4.69, 9.17) is 10.5 Å². The Kier molecular flexibility index (Phi) is 4.19. The van der Waals surface area contributed by atoms with Gasteiger partial charge in [-0.2, -0.15) is 9.97 Å². The Balaban J connectivity index is 2.05. The van der Waals surface area contributed by atoms with Crippen LogP contribution >= 0.6 is 0 Å². The van der Waals surface area contributed by atoms with Gasteiger partial charge < -0.3 is 15.4 Å². The molecule has 0 aliphatic carbocycles. The zero-order valence-corrected chi connectivity index (χ0v) is 13.3. The van der Waals surface area contributed by atoms with E-state index < -0.39 is 0 Å². The molecule has 24 heavy (non-hydrogen) atoms. The molecule has 0 bridgehead atoms. The van der Waals surface area contributed by atoms with Crippen molar-refractivity contribution in [2.75, 3.05) is 24.3 Å². The van der Waals surface area contributed by atoms with Crippen LogP contribution in [-0.2, 0) is 4.79 Å². The van der Waals surface area contributed by atoms with Gasteiger partial charge in [0.25, 0.3) is 0 Å². The predicted molar refractivity (Wildman–Crippen MR) is 90.6 cm³/mol. The molecular formula is C16H16N6O2. The van der Waals surface area contributed by atoms with Crippen molar-refractivity contribution in [3.8, 4) is 17.1 Å². The van der Waals surface area contributed by atoms with Crippen molar-refractivity contribution in [1.82, 2.24) is 19.9 Å². The highest BCUT2D eigenvalue weighted by Crippen LogP contribution is 2.25. The van der Waals surface area contributed by atoms with E-state index >= 15 is 0 Å². The van der Waals surface area contributed by atoms with Crippen LogP contribution in [0.1, 0.15) is 6.92 Å². The number of carbonyl (C=O) groups is 1. The Hall–Kier alpha value is -3.29. The Bertz CT molecular complexity index is 882. The van der Waals surface area contributed by atoms with Crippen LogP contribution in [0.4, 0.5) is 11.6 Å². The van der Waals surface area contributed by atoms with Gasteiger partial charge in [-0.15, -0.1) is 0 Å². The Morgan fingerprint density at radius 3 is 2.62 bits per heavy atom. The van der Waals surface area contributed by atoms with E-state index in [0.717, 1.165) is 17.7 Å². The number of nitrogens with zero attached hydrogens (tertiary/aromatic N) is 5.